The average molecular weight is 435 g/mol. The first kappa shape index (κ1) is 20.0. The third kappa shape index (κ3) is 3.46. The Morgan fingerprint density at radius 1 is 1.41 bits per heavy atom. The Labute approximate surface area is 173 Å². The average Bonchev–Trinajstić information content (AvgIpc) is 3.31. The number of thiophene rings is 1. The van der Waals surface area contributed by atoms with Crippen molar-refractivity contribution in [2.75, 3.05) is 12.4 Å². The highest BCUT2D eigenvalue weighted by molar-refractivity contribution is 7.87. The van der Waals surface area contributed by atoms with Gasteiger partial charge < -0.3 is 5.32 Å². The Hall–Kier alpha value is -2.26. The van der Waals surface area contributed by atoms with Crippen LogP contribution in [0.15, 0.2) is 6.20 Å². The molecular formula is C18H22N6O3S2. The lowest BCUT2D eigenvalue weighted by Crippen LogP contribution is -2.56. The largest absolute Gasteiger partial charge is 0.315 e. The third-order valence-corrected chi connectivity index (χ3v) is 8.37. The molecule has 2 aromatic heterocycles. The smallest absolute Gasteiger partial charge is 0.280 e. The van der Waals surface area contributed by atoms with Gasteiger partial charge in [-0.05, 0) is 38.2 Å². The molecule has 4 rings (SSSR count). The number of anilines is 1. The number of nitrogens with zero attached hydrogens (tertiary/aromatic N) is 4. The Kier molecular flexibility index (Phi) is 4.98. The summed E-state index contributed by atoms with van der Waals surface area (Å²) in [6.45, 7) is 1.81. The van der Waals surface area contributed by atoms with Crippen molar-refractivity contribution in [3.8, 4) is 6.07 Å². The van der Waals surface area contributed by atoms with Crippen LogP contribution in [-0.2, 0) is 34.9 Å². The Morgan fingerprint density at radius 2 is 2.17 bits per heavy atom. The fourth-order valence-corrected chi connectivity index (χ4v) is 6.59. The molecule has 1 amide bonds. The van der Waals surface area contributed by atoms with E-state index in [0.717, 1.165) is 39.6 Å². The van der Waals surface area contributed by atoms with Crippen molar-refractivity contribution in [2.24, 2.45) is 7.05 Å². The van der Waals surface area contributed by atoms with Crippen LogP contribution in [0.3, 0.4) is 0 Å². The minimum atomic E-state index is -3.84. The van der Waals surface area contributed by atoms with Crippen molar-refractivity contribution >= 4 is 32.5 Å². The first-order valence-corrected chi connectivity index (χ1v) is 11.6. The molecule has 0 aromatic carbocycles. The summed E-state index contributed by atoms with van der Waals surface area (Å²) in [4.78, 5) is 14.2. The van der Waals surface area contributed by atoms with E-state index in [1.54, 1.807) is 17.9 Å². The molecule has 0 unspecified atom stereocenters. The lowest BCUT2D eigenvalue weighted by molar-refractivity contribution is -0.120. The van der Waals surface area contributed by atoms with Gasteiger partial charge >= 0.3 is 0 Å². The standard InChI is InChI=1S/C18H22N6O3S2/c1-10-13(9-23(2)21-10)14-7-15(24(3)29(26,27)22-14)17(25)20-18-12(8-19)11-5-4-6-16(11)28-18/h9,14-15,22H,4-7H2,1-3H3,(H,20,25)/t14-,15+/m1/s1. The van der Waals surface area contributed by atoms with Crippen LogP contribution in [0.4, 0.5) is 5.00 Å². The van der Waals surface area contributed by atoms with Crippen molar-refractivity contribution in [1.29, 1.82) is 5.26 Å². The molecular weight excluding hydrogens is 412 g/mol. The van der Waals surface area contributed by atoms with Crippen molar-refractivity contribution in [1.82, 2.24) is 18.8 Å². The van der Waals surface area contributed by atoms with Gasteiger partial charge in [0.15, 0.2) is 0 Å². The van der Waals surface area contributed by atoms with E-state index in [4.69, 9.17) is 0 Å². The molecule has 0 radical (unpaired) electrons. The summed E-state index contributed by atoms with van der Waals surface area (Å²) in [5.74, 6) is -0.430. The topological polar surface area (TPSA) is 120 Å². The monoisotopic (exact) mass is 434 g/mol. The number of amides is 1. The van der Waals surface area contributed by atoms with Crippen LogP contribution >= 0.6 is 11.3 Å². The van der Waals surface area contributed by atoms with E-state index < -0.39 is 28.2 Å². The van der Waals surface area contributed by atoms with Gasteiger partial charge in [-0.2, -0.15) is 27.8 Å². The number of nitrogens with one attached hydrogen (secondary N) is 2. The molecule has 0 bridgehead atoms. The molecule has 1 fully saturated rings. The summed E-state index contributed by atoms with van der Waals surface area (Å²) in [7, 11) is -0.686. The van der Waals surface area contributed by atoms with Crippen molar-refractivity contribution < 1.29 is 13.2 Å². The van der Waals surface area contributed by atoms with Crippen molar-refractivity contribution in [2.45, 2.75) is 44.7 Å². The van der Waals surface area contributed by atoms with Gasteiger partial charge in [0, 0.05) is 30.7 Å². The molecule has 2 atom stereocenters. The SMILES string of the molecule is Cc1nn(C)cc1[C@H]1C[C@@H](C(=O)Nc2sc3c(c2C#N)CCC3)N(C)S(=O)(=O)N1. The summed E-state index contributed by atoms with van der Waals surface area (Å²) < 4.78 is 30.6. The highest BCUT2D eigenvalue weighted by atomic mass is 32.2. The van der Waals surface area contributed by atoms with E-state index in [1.807, 2.05) is 6.92 Å². The molecule has 0 spiro atoms. The summed E-state index contributed by atoms with van der Waals surface area (Å²) in [6, 6.07) is 0.751. The number of nitriles is 1. The molecule has 1 aliphatic carbocycles. The summed E-state index contributed by atoms with van der Waals surface area (Å²) in [6.07, 6.45) is 4.80. The fourth-order valence-electron chi connectivity index (χ4n) is 4.08. The van der Waals surface area contributed by atoms with E-state index in [1.165, 1.54) is 18.4 Å². The number of aromatic nitrogens is 2. The van der Waals surface area contributed by atoms with E-state index in [-0.39, 0.29) is 6.42 Å². The molecule has 154 valence electrons. The fraction of sp³-hybridized carbons (Fsp3) is 0.500. The number of rotatable bonds is 3. The van der Waals surface area contributed by atoms with Crippen LogP contribution < -0.4 is 10.0 Å². The lowest BCUT2D eigenvalue weighted by Gasteiger charge is -2.35. The lowest BCUT2D eigenvalue weighted by atomic mass is 10.00. The van der Waals surface area contributed by atoms with Gasteiger partial charge in [-0.25, -0.2) is 0 Å². The third-order valence-electron chi connectivity index (χ3n) is 5.57. The van der Waals surface area contributed by atoms with Crippen LogP contribution in [0.5, 0.6) is 0 Å². The summed E-state index contributed by atoms with van der Waals surface area (Å²) >= 11 is 1.42. The zero-order valence-electron chi connectivity index (χ0n) is 16.4. The Balaban J connectivity index is 1.62. The Bertz CT molecular complexity index is 1130. The minimum Gasteiger partial charge on any atom is -0.315 e. The number of hydrogen-bond acceptors (Lipinski definition) is 6. The van der Waals surface area contributed by atoms with E-state index in [0.29, 0.717) is 16.3 Å². The van der Waals surface area contributed by atoms with Gasteiger partial charge in [0.05, 0.1) is 17.3 Å². The Morgan fingerprint density at radius 3 is 2.83 bits per heavy atom. The van der Waals surface area contributed by atoms with Gasteiger partial charge in [-0.15, -0.1) is 11.3 Å². The highest BCUT2D eigenvalue weighted by Gasteiger charge is 2.42. The highest BCUT2D eigenvalue weighted by Crippen LogP contribution is 2.39. The second kappa shape index (κ2) is 7.21. The first-order chi connectivity index (χ1) is 13.7. The number of carbonyl (C=O) groups excluding carboxylic acids is 1. The molecule has 3 heterocycles. The van der Waals surface area contributed by atoms with Crippen molar-refractivity contribution in [3.63, 3.8) is 0 Å². The van der Waals surface area contributed by atoms with Crippen LogP contribution in [0.2, 0.25) is 0 Å². The molecule has 9 nitrogen and oxygen atoms in total. The predicted molar refractivity (Wildman–Crippen MR) is 109 cm³/mol. The number of likely N-dealkylation sites (N-methyl/N-ethyl adjacent to an activating group) is 1. The summed E-state index contributed by atoms with van der Waals surface area (Å²) in [5, 5.41) is 17.1. The zero-order valence-corrected chi connectivity index (χ0v) is 18.0. The van der Waals surface area contributed by atoms with E-state index in [9.17, 15) is 18.5 Å². The molecule has 11 heteroatoms. The van der Waals surface area contributed by atoms with Crippen LogP contribution in [0, 0.1) is 18.3 Å². The number of aryl methyl sites for hydroxylation is 3. The molecule has 29 heavy (non-hydrogen) atoms. The van der Waals surface area contributed by atoms with Crippen LogP contribution in [0.1, 0.15) is 46.1 Å². The van der Waals surface area contributed by atoms with Gasteiger partial charge in [-0.3, -0.25) is 9.48 Å². The predicted octanol–water partition coefficient (Wildman–Crippen LogP) is 1.37. The molecule has 2 N–H and O–H groups in total. The summed E-state index contributed by atoms with van der Waals surface area (Å²) in [5.41, 5.74) is 2.98. The zero-order chi connectivity index (χ0) is 20.9. The molecule has 1 saturated heterocycles. The van der Waals surface area contributed by atoms with Crippen LogP contribution in [0.25, 0.3) is 0 Å². The molecule has 2 aromatic rings. The number of carbonyl (C=O) groups is 1. The quantitative estimate of drug-likeness (QED) is 0.756. The first-order valence-electron chi connectivity index (χ1n) is 9.32. The van der Waals surface area contributed by atoms with Crippen LogP contribution in [-0.4, -0.2) is 41.5 Å². The van der Waals surface area contributed by atoms with E-state index >= 15 is 0 Å². The van der Waals surface area contributed by atoms with Gasteiger partial charge in [0.25, 0.3) is 10.2 Å². The second-order valence-corrected chi connectivity index (χ2v) is 10.3. The van der Waals surface area contributed by atoms with Gasteiger partial charge in [-0.1, -0.05) is 0 Å². The van der Waals surface area contributed by atoms with E-state index in [2.05, 4.69) is 21.2 Å². The maximum Gasteiger partial charge on any atom is 0.280 e. The normalized spacial score (nSPS) is 23.5. The number of fused-ring (bicyclic) bond motifs is 1. The molecule has 1 aliphatic heterocycles. The maximum absolute atomic E-state index is 13.1. The maximum atomic E-state index is 13.1. The molecule has 2 aliphatic rings. The van der Waals surface area contributed by atoms with Gasteiger partial charge in [0.2, 0.25) is 5.91 Å². The van der Waals surface area contributed by atoms with Crippen molar-refractivity contribution in [3.05, 3.63) is 33.5 Å². The number of hydrogen-bond donors (Lipinski definition) is 2. The minimum absolute atomic E-state index is 0.265. The van der Waals surface area contributed by atoms with Gasteiger partial charge in [0.1, 0.15) is 17.1 Å². The second-order valence-electron chi connectivity index (χ2n) is 7.45. The molecule has 0 saturated carbocycles.